The average Bonchev–Trinajstić information content (AvgIpc) is 3.53. The minimum atomic E-state index is -0.0854. The Balaban J connectivity index is 1.18. The van der Waals surface area contributed by atoms with E-state index in [2.05, 4.69) is 34.5 Å². The lowest BCUT2D eigenvalue weighted by Crippen LogP contribution is -2.27. The van der Waals surface area contributed by atoms with E-state index in [1.54, 1.807) is 11.8 Å². The van der Waals surface area contributed by atoms with E-state index in [1.807, 2.05) is 59.5 Å². The van der Waals surface area contributed by atoms with Crippen molar-refractivity contribution in [1.29, 1.82) is 0 Å². The van der Waals surface area contributed by atoms with Gasteiger partial charge in [0.1, 0.15) is 5.37 Å². The van der Waals surface area contributed by atoms with Crippen LogP contribution >= 0.6 is 11.8 Å². The summed E-state index contributed by atoms with van der Waals surface area (Å²) in [6.45, 7) is 4.43. The Labute approximate surface area is 211 Å². The van der Waals surface area contributed by atoms with E-state index in [4.69, 9.17) is 0 Å². The Kier molecular flexibility index (Phi) is 7.50. The SMILES string of the molecule is O=C(NCc1cccc(CN2CCCC2)c1)c1ccc([C@H]2SCC(=O)N2Cc2ccccc2)cc1. The summed E-state index contributed by atoms with van der Waals surface area (Å²) in [5.41, 5.74) is 5.21. The number of rotatable bonds is 8. The van der Waals surface area contributed by atoms with Crippen molar-refractivity contribution >= 4 is 23.6 Å². The molecule has 1 atom stereocenters. The van der Waals surface area contributed by atoms with E-state index < -0.39 is 0 Å². The summed E-state index contributed by atoms with van der Waals surface area (Å²) < 4.78 is 0. The van der Waals surface area contributed by atoms with Crippen molar-refractivity contribution in [2.24, 2.45) is 0 Å². The standard InChI is InChI=1S/C29H31N3O2S/c33-27-21-35-29(32(27)20-22-7-2-1-3-8-22)26-13-11-25(12-14-26)28(34)30-18-23-9-6-10-24(17-23)19-31-15-4-5-16-31/h1-3,6-14,17,29H,4-5,15-16,18-21H2,(H,30,34)/t29-/m1/s1. The van der Waals surface area contributed by atoms with Crippen LogP contribution in [0.25, 0.3) is 0 Å². The molecule has 2 aliphatic rings. The van der Waals surface area contributed by atoms with Gasteiger partial charge in [-0.2, -0.15) is 0 Å². The fourth-order valence-electron chi connectivity index (χ4n) is 4.80. The molecule has 2 heterocycles. The predicted octanol–water partition coefficient (Wildman–Crippen LogP) is 4.99. The molecule has 0 aromatic heterocycles. The molecule has 3 aromatic carbocycles. The van der Waals surface area contributed by atoms with Gasteiger partial charge >= 0.3 is 0 Å². The van der Waals surface area contributed by atoms with Gasteiger partial charge in [-0.15, -0.1) is 11.8 Å². The first-order valence-corrected chi connectivity index (χ1v) is 13.3. The van der Waals surface area contributed by atoms with E-state index in [1.165, 1.54) is 31.5 Å². The summed E-state index contributed by atoms with van der Waals surface area (Å²) >= 11 is 1.64. The van der Waals surface area contributed by atoms with E-state index >= 15 is 0 Å². The number of likely N-dealkylation sites (tertiary alicyclic amines) is 1. The predicted molar refractivity (Wildman–Crippen MR) is 141 cm³/mol. The van der Waals surface area contributed by atoms with Crippen LogP contribution < -0.4 is 5.32 Å². The zero-order chi connectivity index (χ0) is 24.0. The molecule has 6 heteroatoms. The zero-order valence-electron chi connectivity index (χ0n) is 19.9. The van der Waals surface area contributed by atoms with Crippen molar-refractivity contribution in [3.8, 4) is 0 Å². The molecule has 0 radical (unpaired) electrons. The number of amides is 2. The molecule has 2 amide bonds. The summed E-state index contributed by atoms with van der Waals surface area (Å²) in [6.07, 6.45) is 2.57. The number of carbonyl (C=O) groups excluding carboxylic acids is 2. The van der Waals surface area contributed by atoms with Gasteiger partial charge in [0.05, 0.1) is 5.75 Å². The monoisotopic (exact) mass is 485 g/mol. The van der Waals surface area contributed by atoms with Crippen molar-refractivity contribution in [2.45, 2.75) is 37.8 Å². The third kappa shape index (κ3) is 5.95. The second-order valence-corrected chi connectivity index (χ2v) is 10.3. The topological polar surface area (TPSA) is 52.7 Å². The van der Waals surface area contributed by atoms with Crippen molar-refractivity contribution in [2.75, 3.05) is 18.8 Å². The molecule has 2 aliphatic heterocycles. The summed E-state index contributed by atoms with van der Waals surface area (Å²) in [5, 5.41) is 3.02. The lowest BCUT2D eigenvalue weighted by Gasteiger charge is -2.24. The van der Waals surface area contributed by atoms with Crippen molar-refractivity contribution in [1.82, 2.24) is 15.1 Å². The molecule has 0 unspecified atom stereocenters. The Morgan fingerprint density at radius 1 is 0.857 bits per heavy atom. The van der Waals surface area contributed by atoms with Crippen LogP contribution in [0.15, 0.2) is 78.9 Å². The molecule has 5 rings (SSSR count). The molecule has 0 aliphatic carbocycles. The van der Waals surface area contributed by atoms with Crippen molar-refractivity contribution in [3.05, 3.63) is 107 Å². The van der Waals surface area contributed by atoms with Crippen LogP contribution in [0.2, 0.25) is 0 Å². The Morgan fingerprint density at radius 3 is 2.34 bits per heavy atom. The molecular weight excluding hydrogens is 454 g/mol. The van der Waals surface area contributed by atoms with Crippen molar-refractivity contribution in [3.63, 3.8) is 0 Å². The van der Waals surface area contributed by atoms with Gasteiger partial charge in [-0.1, -0.05) is 66.7 Å². The lowest BCUT2D eigenvalue weighted by molar-refractivity contribution is -0.128. The van der Waals surface area contributed by atoms with Gasteiger partial charge in [-0.05, 0) is 60.3 Å². The quantitative estimate of drug-likeness (QED) is 0.489. The van der Waals surface area contributed by atoms with Gasteiger partial charge in [-0.25, -0.2) is 0 Å². The molecule has 5 nitrogen and oxygen atoms in total. The molecule has 3 aromatic rings. The highest BCUT2D eigenvalue weighted by molar-refractivity contribution is 8.00. The van der Waals surface area contributed by atoms with Gasteiger partial charge in [-0.3, -0.25) is 14.5 Å². The number of nitrogens with one attached hydrogen (secondary N) is 1. The van der Waals surface area contributed by atoms with Gasteiger partial charge in [0.15, 0.2) is 0 Å². The largest absolute Gasteiger partial charge is 0.348 e. The fourth-order valence-corrected chi connectivity index (χ4v) is 5.99. The van der Waals surface area contributed by atoms with E-state index in [-0.39, 0.29) is 17.2 Å². The maximum atomic E-state index is 12.8. The molecule has 0 saturated carbocycles. The Bertz CT molecular complexity index is 1160. The van der Waals surface area contributed by atoms with Gasteiger partial charge in [0, 0.05) is 25.2 Å². The van der Waals surface area contributed by atoms with E-state index in [0.717, 1.165) is 23.2 Å². The van der Waals surface area contributed by atoms with Gasteiger partial charge in [0.25, 0.3) is 5.91 Å². The third-order valence-electron chi connectivity index (χ3n) is 6.67. The summed E-state index contributed by atoms with van der Waals surface area (Å²) in [6, 6.07) is 26.2. The maximum Gasteiger partial charge on any atom is 0.251 e. The molecule has 0 spiro atoms. The maximum absolute atomic E-state index is 12.8. The molecule has 0 bridgehead atoms. The van der Waals surface area contributed by atoms with Crippen LogP contribution in [0.3, 0.4) is 0 Å². The van der Waals surface area contributed by atoms with Crippen LogP contribution in [0, 0.1) is 0 Å². The number of hydrogen-bond donors (Lipinski definition) is 1. The highest BCUT2D eigenvalue weighted by Gasteiger charge is 2.32. The first kappa shape index (κ1) is 23.6. The van der Waals surface area contributed by atoms with E-state index in [9.17, 15) is 9.59 Å². The number of nitrogens with zero attached hydrogens (tertiary/aromatic N) is 2. The van der Waals surface area contributed by atoms with Crippen molar-refractivity contribution < 1.29 is 9.59 Å². The summed E-state index contributed by atoms with van der Waals surface area (Å²) in [4.78, 5) is 29.7. The lowest BCUT2D eigenvalue weighted by atomic mass is 10.1. The minimum absolute atomic E-state index is 0.0295. The number of benzene rings is 3. The number of carbonyl (C=O) groups is 2. The average molecular weight is 486 g/mol. The highest BCUT2D eigenvalue weighted by Crippen LogP contribution is 2.39. The molecule has 2 saturated heterocycles. The van der Waals surface area contributed by atoms with Gasteiger partial charge in [0.2, 0.25) is 5.91 Å². The van der Waals surface area contributed by atoms with Crippen LogP contribution in [0.4, 0.5) is 0 Å². The zero-order valence-corrected chi connectivity index (χ0v) is 20.7. The molecule has 180 valence electrons. The third-order valence-corrected chi connectivity index (χ3v) is 7.93. The molecular formula is C29H31N3O2S. The summed E-state index contributed by atoms with van der Waals surface area (Å²) in [5.74, 6) is 0.548. The Hall–Kier alpha value is -3.09. The van der Waals surface area contributed by atoms with Crippen LogP contribution in [0.5, 0.6) is 0 Å². The highest BCUT2D eigenvalue weighted by atomic mass is 32.2. The van der Waals surface area contributed by atoms with Gasteiger partial charge < -0.3 is 10.2 Å². The van der Waals surface area contributed by atoms with Crippen LogP contribution in [0.1, 0.15) is 50.8 Å². The fraction of sp³-hybridized carbons (Fsp3) is 0.310. The first-order chi connectivity index (χ1) is 17.2. The van der Waals surface area contributed by atoms with Crippen LogP contribution in [-0.2, 0) is 24.4 Å². The number of hydrogen-bond acceptors (Lipinski definition) is 4. The second kappa shape index (κ2) is 11.1. The molecule has 2 fully saturated rings. The van der Waals surface area contributed by atoms with E-state index in [0.29, 0.717) is 24.4 Å². The second-order valence-electron chi connectivity index (χ2n) is 9.28. The summed E-state index contributed by atoms with van der Waals surface area (Å²) in [7, 11) is 0. The minimum Gasteiger partial charge on any atom is -0.348 e. The van der Waals surface area contributed by atoms with Crippen LogP contribution in [-0.4, -0.2) is 40.5 Å². The smallest absolute Gasteiger partial charge is 0.251 e. The Morgan fingerprint density at radius 2 is 1.57 bits per heavy atom. The number of thioether (sulfide) groups is 1. The molecule has 35 heavy (non-hydrogen) atoms. The first-order valence-electron chi connectivity index (χ1n) is 12.3. The normalized spacial score (nSPS) is 18.2. The molecule has 1 N–H and O–H groups in total.